The first-order valence-corrected chi connectivity index (χ1v) is 5.50. The summed E-state index contributed by atoms with van der Waals surface area (Å²) in [6, 6.07) is 3.44. The van der Waals surface area contributed by atoms with Crippen molar-refractivity contribution in [3.8, 4) is 0 Å². The highest BCUT2D eigenvalue weighted by molar-refractivity contribution is 6.42. The molecule has 2 N–H and O–H groups in total. The lowest BCUT2D eigenvalue weighted by Gasteiger charge is -2.28. The zero-order valence-corrected chi connectivity index (χ0v) is 9.84. The lowest BCUT2D eigenvalue weighted by Crippen LogP contribution is -2.37. The van der Waals surface area contributed by atoms with Gasteiger partial charge < -0.3 is 5.32 Å². The molecule has 0 radical (unpaired) electrons. The molecule has 1 heterocycles. The predicted octanol–water partition coefficient (Wildman–Crippen LogP) is 3.77. The van der Waals surface area contributed by atoms with Gasteiger partial charge in [0.25, 0.3) is 0 Å². The number of nitrogens with one attached hydrogen (secondary N) is 2. The smallest absolute Gasteiger partial charge is 0.156 e. The van der Waals surface area contributed by atoms with Crippen LogP contribution in [0.1, 0.15) is 11.1 Å². The SMILES string of the molecule is Clc1cc2c(cc1Cl)[C@@H](Cl)N[C@@H](Cl)N2. The first-order valence-electron chi connectivity index (χ1n) is 3.87. The molecule has 0 spiro atoms. The van der Waals surface area contributed by atoms with E-state index in [9.17, 15) is 0 Å². The Balaban J connectivity index is 2.49. The maximum Gasteiger partial charge on any atom is 0.156 e. The molecule has 0 unspecified atom stereocenters. The molecular formula is C8H6Cl4N2. The molecule has 76 valence electrons. The van der Waals surface area contributed by atoms with Crippen LogP contribution in [0.2, 0.25) is 10.0 Å². The van der Waals surface area contributed by atoms with Crippen molar-refractivity contribution in [2.24, 2.45) is 0 Å². The topological polar surface area (TPSA) is 24.1 Å². The van der Waals surface area contributed by atoms with Gasteiger partial charge in [-0.05, 0) is 12.1 Å². The van der Waals surface area contributed by atoms with Gasteiger partial charge in [-0.25, -0.2) is 0 Å². The summed E-state index contributed by atoms with van der Waals surface area (Å²) in [7, 11) is 0. The normalized spacial score (nSPS) is 25.4. The van der Waals surface area contributed by atoms with Gasteiger partial charge in [-0.2, -0.15) is 0 Å². The highest BCUT2D eigenvalue weighted by atomic mass is 35.5. The number of fused-ring (bicyclic) bond motifs is 1. The standard InChI is InChI=1S/C8H6Cl4N2/c9-4-1-3-6(2-5(4)10)13-8(12)14-7(3)11/h1-2,7-8,13-14H/t7-,8-/m0/s1. The van der Waals surface area contributed by atoms with Gasteiger partial charge in [-0.3, -0.25) is 5.32 Å². The molecule has 1 aromatic carbocycles. The summed E-state index contributed by atoms with van der Waals surface area (Å²) in [6.45, 7) is 0. The fourth-order valence-electron chi connectivity index (χ4n) is 1.29. The van der Waals surface area contributed by atoms with Crippen LogP contribution in [0.5, 0.6) is 0 Å². The highest BCUT2D eigenvalue weighted by Crippen LogP contribution is 2.37. The maximum absolute atomic E-state index is 6.03. The zero-order valence-electron chi connectivity index (χ0n) is 6.82. The van der Waals surface area contributed by atoms with Crippen molar-refractivity contribution in [2.75, 3.05) is 5.32 Å². The summed E-state index contributed by atoms with van der Waals surface area (Å²) in [5.74, 6) is 0. The number of hydrogen-bond acceptors (Lipinski definition) is 2. The third kappa shape index (κ3) is 1.90. The Morgan fingerprint density at radius 3 is 2.43 bits per heavy atom. The number of halogens is 4. The van der Waals surface area contributed by atoms with Crippen LogP contribution in [0.3, 0.4) is 0 Å². The van der Waals surface area contributed by atoms with Crippen molar-refractivity contribution in [3.63, 3.8) is 0 Å². The largest absolute Gasteiger partial charge is 0.357 e. The number of alkyl halides is 2. The Morgan fingerprint density at radius 2 is 1.71 bits per heavy atom. The third-order valence-corrected chi connectivity index (χ3v) is 3.26. The minimum atomic E-state index is -0.401. The van der Waals surface area contributed by atoms with E-state index < -0.39 is 5.62 Å². The van der Waals surface area contributed by atoms with Crippen LogP contribution in [0.15, 0.2) is 12.1 Å². The molecule has 0 saturated carbocycles. The number of benzene rings is 1. The molecular weight excluding hydrogens is 266 g/mol. The van der Waals surface area contributed by atoms with E-state index in [1.807, 2.05) is 0 Å². The number of anilines is 1. The summed E-state index contributed by atoms with van der Waals surface area (Å²) in [6.07, 6.45) is 0. The summed E-state index contributed by atoms with van der Waals surface area (Å²) in [5.41, 5.74) is 0.891. The lowest BCUT2D eigenvalue weighted by atomic mass is 10.1. The van der Waals surface area contributed by atoms with E-state index in [2.05, 4.69) is 10.6 Å². The van der Waals surface area contributed by atoms with Crippen molar-refractivity contribution in [1.29, 1.82) is 0 Å². The molecule has 0 amide bonds. The van der Waals surface area contributed by atoms with Crippen LogP contribution in [0.4, 0.5) is 5.69 Å². The maximum atomic E-state index is 6.03. The second-order valence-corrected chi connectivity index (χ2v) is 4.58. The van der Waals surface area contributed by atoms with Gasteiger partial charge in [0.1, 0.15) is 5.50 Å². The average Bonchev–Trinajstić information content (AvgIpc) is 2.08. The minimum absolute atomic E-state index is 0.358. The van der Waals surface area contributed by atoms with Gasteiger partial charge in [-0.1, -0.05) is 34.8 Å². The van der Waals surface area contributed by atoms with Crippen LogP contribution >= 0.6 is 46.4 Å². The van der Waals surface area contributed by atoms with Crippen LogP contribution in [0, 0.1) is 0 Å². The first kappa shape index (κ1) is 10.7. The molecule has 2 atom stereocenters. The van der Waals surface area contributed by atoms with E-state index in [4.69, 9.17) is 46.4 Å². The van der Waals surface area contributed by atoms with Crippen molar-refractivity contribution in [1.82, 2.24) is 5.32 Å². The van der Waals surface area contributed by atoms with Crippen molar-refractivity contribution < 1.29 is 0 Å². The van der Waals surface area contributed by atoms with Gasteiger partial charge >= 0.3 is 0 Å². The Kier molecular flexibility index (Phi) is 3.01. The average molecular weight is 272 g/mol. The van der Waals surface area contributed by atoms with E-state index in [-0.39, 0.29) is 5.50 Å². The van der Waals surface area contributed by atoms with Crippen molar-refractivity contribution in [2.45, 2.75) is 11.1 Å². The van der Waals surface area contributed by atoms with Gasteiger partial charge in [0.05, 0.1) is 10.0 Å². The van der Waals surface area contributed by atoms with Crippen LogP contribution in [0.25, 0.3) is 0 Å². The van der Waals surface area contributed by atoms with E-state index in [1.54, 1.807) is 12.1 Å². The molecule has 1 aliphatic rings. The second-order valence-electron chi connectivity index (χ2n) is 2.89. The summed E-state index contributed by atoms with van der Waals surface area (Å²) in [4.78, 5) is 0. The van der Waals surface area contributed by atoms with Crippen molar-refractivity contribution in [3.05, 3.63) is 27.7 Å². The van der Waals surface area contributed by atoms with Gasteiger partial charge in [0, 0.05) is 11.3 Å². The zero-order chi connectivity index (χ0) is 10.3. The Morgan fingerprint density at radius 1 is 1.07 bits per heavy atom. The number of hydrogen-bond donors (Lipinski definition) is 2. The molecule has 1 aliphatic heterocycles. The second kappa shape index (κ2) is 3.95. The van der Waals surface area contributed by atoms with Gasteiger partial charge in [0.2, 0.25) is 0 Å². The first-order chi connectivity index (χ1) is 6.58. The Bertz CT molecular complexity index is 369. The monoisotopic (exact) mass is 270 g/mol. The molecule has 6 heteroatoms. The van der Waals surface area contributed by atoms with Crippen LogP contribution in [-0.4, -0.2) is 5.62 Å². The van der Waals surface area contributed by atoms with Gasteiger partial charge in [-0.15, -0.1) is 11.6 Å². The van der Waals surface area contributed by atoms with E-state index in [1.165, 1.54) is 0 Å². The molecule has 2 nitrogen and oxygen atoms in total. The highest BCUT2D eigenvalue weighted by Gasteiger charge is 2.23. The van der Waals surface area contributed by atoms with E-state index >= 15 is 0 Å². The Hall–Kier alpha value is 0.140. The predicted molar refractivity (Wildman–Crippen MR) is 61.5 cm³/mol. The van der Waals surface area contributed by atoms with E-state index in [0.717, 1.165) is 11.3 Å². The molecule has 0 fully saturated rings. The molecule has 14 heavy (non-hydrogen) atoms. The van der Waals surface area contributed by atoms with Gasteiger partial charge in [0.15, 0.2) is 5.62 Å². The molecule has 0 aromatic heterocycles. The lowest BCUT2D eigenvalue weighted by molar-refractivity contribution is 0.642. The molecule has 2 rings (SSSR count). The number of rotatable bonds is 0. The van der Waals surface area contributed by atoms with Crippen LogP contribution < -0.4 is 10.6 Å². The molecule has 1 aromatic rings. The fraction of sp³-hybridized carbons (Fsp3) is 0.250. The fourth-order valence-corrected chi connectivity index (χ4v) is 2.24. The molecule has 0 aliphatic carbocycles. The third-order valence-electron chi connectivity index (χ3n) is 1.94. The van der Waals surface area contributed by atoms with E-state index in [0.29, 0.717) is 10.0 Å². The quantitative estimate of drug-likeness (QED) is 0.555. The Labute approximate surface area is 101 Å². The molecule has 0 bridgehead atoms. The van der Waals surface area contributed by atoms with Crippen molar-refractivity contribution >= 4 is 52.1 Å². The van der Waals surface area contributed by atoms with Crippen LogP contribution in [-0.2, 0) is 0 Å². The summed E-state index contributed by atoms with van der Waals surface area (Å²) in [5, 5.41) is 6.84. The summed E-state index contributed by atoms with van der Waals surface area (Å²) >= 11 is 23.6. The summed E-state index contributed by atoms with van der Waals surface area (Å²) < 4.78 is 0. The minimum Gasteiger partial charge on any atom is -0.357 e. The molecule has 0 saturated heterocycles.